The number of likely N-dealkylation sites (N-methyl/N-ethyl adjacent to an activating group) is 1. The van der Waals surface area contributed by atoms with E-state index in [0.29, 0.717) is 6.04 Å². The van der Waals surface area contributed by atoms with Crippen LogP contribution < -0.4 is 5.32 Å². The van der Waals surface area contributed by atoms with Gasteiger partial charge in [0.1, 0.15) is 0 Å². The Balaban J connectivity index is 1.87. The summed E-state index contributed by atoms with van der Waals surface area (Å²) in [5, 5.41) is 8.04. The minimum absolute atomic E-state index is 0.618. The lowest BCUT2D eigenvalue weighted by Crippen LogP contribution is -2.33. The summed E-state index contributed by atoms with van der Waals surface area (Å²) in [5.41, 5.74) is 1.37. The average Bonchev–Trinajstić information content (AvgIpc) is 2.88. The van der Waals surface area contributed by atoms with Gasteiger partial charge in [-0.25, -0.2) is 0 Å². The van der Waals surface area contributed by atoms with E-state index in [1.54, 1.807) is 0 Å². The van der Waals surface area contributed by atoms with Crippen LogP contribution in [0, 0.1) is 5.92 Å². The Bertz CT molecular complexity index is 358. The zero-order valence-corrected chi connectivity index (χ0v) is 13.1. The summed E-state index contributed by atoms with van der Waals surface area (Å²) in [7, 11) is 0. The third-order valence-corrected chi connectivity index (χ3v) is 4.99. The predicted octanol–water partition coefficient (Wildman–Crippen LogP) is 2.96. The quantitative estimate of drug-likeness (QED) is 0.833. The van der Waals surface area contributed by atoms with E-state index in [1.165, 1.54) is 36.3 Å². The molecule has 0 bridgehead atoms. The van der Waals surface area contributed by atoms with Crippen molar-refractivity contribution in [1.82, 2.24) is 15.1 Å². The molecule has 1 fully saturated rings. The largest absolute Gasteiger partial charge is 0.314 e. The maximum atomic E-state index is 4.38. The van der Waals surface area contributed by atoms with Gasteiger partial charge in [-0.1, -0.05) is 6.92 Å². The average molecular weight is 281 g/mol. The molecule has 108 valence electrons. The molecule has 2 rings (SSSR count). The third kappa shape index (κ3) is 4.84. The van der Waals surface area contributed by atoms with Gasteiger partial charge in [0.05, 0.1) is 6.20 Å². The third-order valence-electron chi connectivity index (χ3n) is 3.94. The summed E-state index contributed by atoms with van der Waals surface area (Å²) in [4.78, 5) is 0. The Morgan fingerprint density at radius 1 is 1.42 bits per heavy atom. The van der Waals surface area contributed by atoms with Gasteiger partial charge in [0.15, 0.2) is 0 Å². The van der Waals surface area contributed by atoms with Gasteiger partial charge in [-0.15, -0.1) is 0 Å². The number of nitrogens with one attached hydrogen (secondary N) is 1. The van der Waals surface area contributed by atoms with Crippen molar-refractivity contribution in [3.05, 3.63) is 18.0 Å². The van der Waals surface area contributed by atoms with Crippen LogP contribution in [-0.2, 0) is 13.0 Å². The van der Waals surface area contributed by atoms with Crippen molar-refractivity contribution in [2.45, 2.75) is 52.1 Å². The van der Waals surface area contributed by atoms with E-state index in [-0.39, 0.29) is 0 Å². The fraction of sp³-hybridized carbons (Fsp3) is 0.800. The van der Waals surface area contributed by atoms with Crippen molar-refractivity contribution < 1.29 is 0 Å². The van der Waals surface area contributed by atoms with Crippen molar-refractivity contribution in [2.24, 2.45) is 5.92 Å². The molecule has 19 heavy (non-hydrogen) atoms. The van der Waals surface area contributed by atoms with Crippen LogP contribution in [0.2, 0.25) is 0 Å². The standard InChI is InChI=1S/C15H27N3S/c1-3-16-15(9-13-5-7-19-8-6-13)10-14-11-17-18(4-2)12-14/h11-13,15-16H,3-10H2,1-2H3. The first-order chi connectivity index (χ1) is 9.31. The molecule has 0 saturated carbocycles. The second kappa shape index (κ2) is 7.95. The Kier molecular flexibility index (Phi) is 6.24. The molecule has 1 aliphatic heterocycles. The van der Waals surface area contributed by atoms with E-state index < -0.39 is 0 Å². The zero-order chi connectivity index (χ0) is 13.5. The Labute approximate surface area is 121 Å². The number of hydrogen-bond donors (Lipinski definition) is 1. The van der Waals surface area contributed by atoms with E-state index >= 15 is 0 Å². The molecule has 0 spiro atoms. The van der Waals surface area contributed by atoms with Gasteiger partial charge >= 0.3 is 0 Å². The van der Waals surface area contributed by atoms with Gasteiger partial charge in [-0.05, 0) is 62.1 Å². The molecule has 1 N–H and O–H groups in total. The first kappa shape index (κ1) is 14.9. The molecule has 1 unspecified atom stereocenters. The van der Waals surface area contributed by atoms with Crippen molar-refractivity contribution >= 4 is 11.8 Å². The van der Waals surface area contributed by atoms with Crippen molar-refractivity contribution in [3.63, 3.8) is 0 Å². The van der Waals surface area contributed by atoms with Crippen LogP contribution >= 0.6 is 11.8 Å². The van der Waals surface area contributed by atoms with Gasteiger partial charge in [-0.2, -0.15) is 16.9 Å². The molecule has 3 nitrogen and oxygen atoms in total. The molecule has 1 atom stereocenters. The summed E-state index contributed by atoms with van der Waals surface area (Å²) in [6.45, 7) is 6.37. The first-order valence-corrected chi connectivity index (χ1v) is 8.79. The van der Waals surface area contributed by atoms with E-state index in [4.69, 9.17) is 0 Å². The lowest BCUT2D eigenvalue weighted by atomic mass is 9.91. The van der Waals surface area contributed by atoms with Crippen LogP contribution in [0.1, 0.15) is 38.7 Å². The van der Waals surface area contributed by atoms with Gasteiger partial charge in [0.25, 0.3) is 0 Å². The number of hydrogen-bond acceptors (Lipinski definition) is 3. The number of aryl methyl sites for hydroxylation is 1. The highest BCUT2D eigenvalue weighted by molar-refractivity contribution is 7.99. The van der Waals surface area contributed by atoms with Gasteiger partial charge in [0.2, 0.25) is 0 Å². The second-order valence-electron chi connectivity index (χ2n) is 5.45. The number of rotatable bonds is 7. The topological polar surface area (TPSA) is 29.9 Å². The van der Waals surface area contributed by atoms with Crippen LogP contribution in [-0.4, -0.2) is 33.9 Å². The minimum Gasteiger partial charge on any atom is -0.314 e. The Hall–Kier alpha value is -0.480. The molecular weight excluding hydrogens is 254 g/mol. The highest BCUT2D eigenvalue weighted by atomic mass is 32.2. The van der Waals surface area contributed by atoms with E-state index in [1.807, 2.05) is 10.9 Å². The van der Waals surface area contributed by atoms with Gasteiger partial charge in [-0.3, -0.25) is 4.68 Å². The summed E-state index contributed by atoms with van der Waals surface area (Å²) in [6, 6.07) is 0.618. The molecule has 4 heteroatoms. The summed E-state index contributed by atoms with van der Waals surface area (Å²) in [5.74, 6) is 3.64. The van der Waals surface area contributed by atoms with E-state index in [9.17, 15) is 0 Å². The van der Waals surface area contributed by atoms with Crippen LogP contribution in [0.25, 0.3) is 0 Å². The molecule has 0 amide bonds. The smallest absolute Gasteiger partial charge is 0.0522 e. The second-order valence-corrected chi connectivity index (χ2v) is 6.68. The molecule has 0 aromatic carbocycles. The SMILES string of the molecule is CCNC(Cc1cnn(CC)c1)CC1CCSCC1. The number of thioether (sulfide) groups is 1. The van der Waals surface area contributed by atoms with Crippen molar-refractivity contribution in [2.75, 3.05) is 18.1 Å². The molecule has 0 aliphatic carbocycles. The van der Waals surface area contributed by atoms with Crippen LogP contribution in [0.15, 0.2) is 12.4 Å². The molecule has 1 aromatic heterocycles. The summed E-state index contributed by atoms with van der Waals surface area (Å²) >= 11 is 2.12. The Morgan fingerprint density at radius 3 is 2.84 bits per heavy atom. The number of aromatic nitrogens is 2. The Morgan fingerprint density at radius 2 is 2.21 bits per heavy atom. The van der Waals surface area contributed by atoms with Crippen LogP contribution in [0.4, 0.5) is 0 Å². The van der Waals surface area contributed by atoms with E-state index in [0.717, 1.165) is 25.4 Å². The highest BCUT2D eigenvalue weighted by Crippen LogP contribution is 2.27. The molecule has 1 saturated heterocycles. The van der Waals surface area contributed by atoms with Crippen LogP contribution in [0.5, 0.6) is 0 Å². The van der Waals surface area contributed by atoms with E-state index in [2.05, 4.69) is 42.2 Å². The molecule has 2 heterocycles. The van der Waals surface area contributed by atoms with Crippen LogP contribution in [0.3, 0.4) is 0 Å². The highest BCUT2D eigenvalue weighted by Gasteiger charge is 2.19. The lowest BCUT2D eigenvalue weighted by Gasteiger charge is -2.26. The fourth-order valence-corrected chi connectivity index (χ4v) is 4.09. The first-order valence-electron chi connectivity index (χ1n) is 7.64. The van der Waals surface area contributed by atoms with Gasteiger partial charge < -0.3 is 5.32 Å². The zero-order valence-electron chi connectivity index (χ0n) is 12.3. The molecule has 1 aliphatic rings. The van der Waals surface area contributed by atoms with Crippen molar-refractivity contribution in [3.8, 4) is 0 Å². The lowest BCUT2D eigenvalue weighted by molar-refractivity contribution is 0.366. The van der Waals surface area contributed by atoms with Crippen molar-refractivity contribution in [1.29, 1.82) is 0 Å². The number of nitrogens with zero attached hydrogens (tertiary/aromatic N) is 2. The minimum atomic E-state index is 0.618. The maximum absolute atomic E-state index is 4.38. The predicted molar refractivity (Wildman–Crippen MR) is 83.7 cm³/mol. The molecule has 0 radical (unpaired) electrons. The fourth-order valence-electron chi connectivity index (χ4n) is 2.88. The molecule has 1 aromatic rings. The van der Waals surface area contributed by atoms with Gasteiger partial charge in [0, 0.05) is 18.8 Å². The normalized spacial score (nSPS) is 18.6. The maximum Gasteiger partial charge on any atom is 0.0522 e. The summed E-state index contributed by atoms with van der Waals surface area (Å²) < 4.78 is 2.02. The monoisotopic (exact) mass is 281 g/mol. The molecular formula is C15H27N3S. The summed E-state index contributed by atoms with van der Waals surface area (Å²) in [6.07, 6.45) is 9.48.